The van der Waals surface area contributed by atoms with E-state index in [0.717, 1.165) is 0 Å². The number of carbonyl (C=O) groups is 1. The van der Waals surface area contributed by atoms with Crippen LogP contribution in [0.5, 0.6) is 0 Å². The van der Waals surface area contributed by atoms with Gasteiger partial charge in [-0.3, -0.25) is 4.79 Å². The van der Waals surface area contributed by atoms with Gasteiger partial charge in [-0.2, -0.15) is 0 Å². The van der Waals surface area contributed by atoms with Crippen molar-refractivity contribution >= 4 is 5.78 Å². The number of hydrogen-bond acceptors (Lipinski definition) is 2. The first kappa shape index (κ1) is 12.2. The summed E-state index contributed by atoms with van der Waals surface area (Å²) in [6.07, 6.45) is 1.70. The van der Waals surface area contributed by atoms with E-state index in [2.05, 4.69) is 0 Å². The first-order valence-electron chi connectivity index (χ1n) is 4.65. The number of carbonyl (C=O) groups excluding carboxylic acids is 1. The molecule has 0 fully saturated rings. The van der Waals surface area contributed by atoms with E-state index in [4.69, 9.17) is 0 Å². The third-order valence-corrected chi connectivity index (χ3v) is 1.64. The highest BCUT2D eigenvalue weighted by molar-refractivity contribution is 5.90. The molecule has 0 aliphatic carbocycles. The second-order valence-corrected chi connectivity index (χ2v) is 4.82. The highest BCUT2D eigenvalue weighted by Crippen LogP contribution is 2.20. The van der Waals surface area contributed by atoms with Crippen molar-refractivity contribution < 1.29 is 9.90 Å². The molecule has 0 N–H and O–H groups in total. The number of ketones is 1. The molecule has 0 saturated heterocycles. The Morgan fingerprint density at radius 3 is 2.15 bits per heavy atom. The van der Waals surface area contributed by atoms with Crippen LogP contribution in [0.2, 0.25) is 0 Å². The first-order chi connectivity index (χ1) is 5.73. The zero-order valence-electron chi connectivity index (χ0n) is 9.18. The zero-order chi connectivity index (χ0) is 10.6. The maximum atomic E-state index is 11.4. The predicted octanol–water partition coefficient (Wildman–Crippen LogP) is 1.89. The minimum absolute atomic E-state index is 0.0603. The quantitative estimate of drug-likeness (QED) is 0.495. The second-order valence-electron chi connectivity index (χ2n) is 4.82. The smallest absolute Gasteiger partial charge is 0.155 e. The van der Waals surface area contributed by atoms with Gasteiger partial charge in [0.2, 0.25) is 0 Å². The summed E-state index contributed by atoms with van der Waals surface area (Å²) in [5, 5.41) is 11.4. The largest absolute Gasteiger partial charge is 0.875 e. The molecule has 0 unspecified atom stereocenters. The Labute approximate surface area is 80.7 Å². The van der Waals surface area contributed by atoms with Crippen molar-refractivity contribution in [1.29, 1.82) is 0 Å². The number of hydrogen-bond donors (Lipinski definition) is 0. The molecule has 0 spiro atoms. The van der Waals surface area contributed by atoms with Crippen molar-refractivity contribution in [2.45, 2.75) is 41.0 Å². The van der Waals surface area contributed by atoms with Gasteiger partial charge in [-0.05, 0) is 17.4 Å². The van der Waals surface area contributed by atoms with Crippen molar-refractivity contribution in [2.75, 3.05) is 0 Å². The van der Waals surface area contributed by atoms with Crippen LogP contribution in [0.4, 0.5) is 0 Å². The molecule has 0 atom stereocenters. The summed E-state index contributed by atoms with van der Waals surface area (Å²) >= 11 is 0. The normalized spacial score (nSPS) is 13.5. The number of rotatable bonds is 3. The van der Waals surface area contributed by atoms with Crippen LogP contribution in [0.15, 0.2) is 11.8 Å². The van der Waals surface area contributed by atoms with Crippen LogP contribution >= 0.6 is 0 Å². The highest BCUT2D eigenvalue weighted by Gasteiger charge is 2.10. The van der Waals surface area contributed by atoms with Crippen LogP contribution in [0, 0.1) is 11.3 Å². The molecule has 2 nitrogen and oxygen atoms in total. The lowest BCUT2D eigenvalue weighted by atomic mass is 9.92. The van der Waals surface area contributed by atoms with E-state index in [0.29, 0.717) is 12.3 Å². The Morgan fingerprint density at radius 2 is 1.85 bits per heavy atom. The molecule has 0 aromatic carbocycles. The molecule has 0 aliphatic heterocycles. The molecule has 76 valence electrons. The second kappa shape index (κ2) is 4.45. The zero-order valence-corrected chi connectivity index (χ0v) is 9.18. The van der Waals surface area contributed by atoms with Gasteiger partial charge in [0.05, 0.1) is 0 Å². The number of allylic oxidation sites excluding steroid dienone is 2. The summed E-state index contributed by atoms with van der Waals surface area (Å²) in [6, 6.07) is 0. The standard InChI is InChI=1S/C11H20O2/c1-8(2)6-9(12)7-10(13)11(3,4)5/h7-8,13H,6H2,1-5H3/p-1/b10-7-. The predicted molar refractivity (Wildman–Crippen MR) is 52.0 cm³/mol. The fourth-order valence-corrected chi connectivity index (χ4v) is 0.824. The van der Waals surface area contributed by atoms with E-state index in [1.807, 2.05) is 34.6 Å². The van der Waals surface area contributed by atoms with Crippen LogP contribution in [0.1, 0.15) is 41.0 Å². The van der Waals surface area contributed by atoms with Crippen LogP contribution in [-0.4, -0.2) is 5.78 Å². The summed E-state index contributed by atoms with van der Waals surface area (Å²) in [6.45, 7) is 9.37. The molecular formula is C11H19O2-. The third-order valence-electron chi connectivity index (χ3n) is 1.64. The monoisotopic (exact) mass is 183 g/mol. The van der Waals surface area contributed by atoms with Gasteiger partial charge in [-0.15, -0.1) is 5.76 Å². The summed E-state index contributed by atoms with van der Waals surface area (Å²) in [5.74, 6) is 0.171. The minimum Gasteiger partial charge on any atom is -0.875 e. The van der Waals surface area contributed by atoms with Crippen LogP contribution in [0.3, 0.4) is 0 Å². The maximum Gasteiger partial charge on any atom is 0.155 e. The van der Waals surface area contributed by atoms with E-state index >= 15 is 0 Å². The van der Waals surface area contributed by atoms with E-state index < -0.39 is 5.41 Å². The van der Waals surface area contributed by atoms with E-state index in [1.165, 1.54) is 6.08 Å². The topological polar surface area (TPSA) is 40.1 Å². The van der Waals surface area contributed by atoms with Crippen LogP contribution in [0.25, 0.3) is 0 Å². The summed E-state index contributed by atoms with van der Waals surface area (Å²) in [7, 11) is 0. The fourth-order valence-electron chi connectivity index (χ4n) is 0.824. The SMILES string of the molecule is CC(C)CC(=O)/C=C(\[O-])C(C)(C)C. The fraction of sp³-hybridized carbons (Fsp3) is 0.727. The van der Waals surface area contributed by atoms with Crippen molar-refractivity contribution in [3.8, 4) is 0 Å². The third kappa shape index (κ3) is 5.45. The summed E-state index contributed by atoms with van der Waals surface area (Å²) in [4.78, 5) is 11.2. The Bertz CT molecular complexity index is 207. The lowest BCUT2D eigenvalue weighted by Gasteiger charge is -2.27. The van der Waals surface area contributed by atoms with Gasteiger partial charge >= 0.3 is 0 Å². The molecule has 0 amide bonds. The average molecular weight is 183 g/mol. The highest BCUT2D eigenvalue weighted by atomic mass is 16.3. The van der Waals surface area contributed by atoms with Gasteiger partial charge in [-0.25, -0.2) is 0 Å². The van der Waals surface area contributed by atoms with Crippen LogP contribution < -0.4 is 5.11 Å². The molecule has 0 aromatic rings. The van der Waals surface area contributed by atoms with Gasteiger partial charge in [-0.1, -0.05) is 34.6 Å². The van der Waals surface area contributed by atoms with Gasteiger partial charge in [0.15, 0.2) is 5.78 Å². The molecule has 0 bridgehead atoms. The Kier molecular flexibility index (Phi) is 4.18. The minimum atomic E-state index is -0.438. The molecule has 0 radical (unpaired) electrons. The van der Waals surface area contributed by atoms with E-state index in [-0.39, 0.29) is 11.5 Å². The van der Waals surface area contributed by atoms with E-state index in [9.17, 15) is 9.90 Å². The Hall–Kier alpha value is -0.790. The van der Waals surface area contributed by atoms with Crippen molar-refractivity contribution in [3.63, 3.8) is 0 Å². The molecule has 13 heavy (non-hydrogen) atoms. The summed E-state index contributed by atoms with van der Waals surface area (Å²) in [5.41, 5.74) is -0.438. The molecule has 0 aliphatic rings. The lowest BCUT2D eigenvalue weighted by Crippen LogP contribution is -2.22. The maximum absolute atomic E-state index is 11.4. The Balaban J connectivity index is 4.32. The molecule has 2 heteroatoms. The lowest BCUT2D eigenvalue weighted by molar-refractivity contribution is -0.322. The van der Waals surface area contributed by atoms with Crippen molar-refractivity contribution in [3.05, 3.63) is 11.8 Å². The first-order valence-corrected chi connectivity index (χ1v) is 4.65. The molecule has 0 heterocycles. The molecule has 0 aromatic heterocycles. The molecule has 0 saturated carbocycles. The van der Waals surface area contributed by atoms with Gasteiger partial charge < -0.3 is 5.11 Å². The van der Waals surface area contributed by atoms with Crippen LogP contribution in [-0.2, 0) is 4.79 Å². The molecular weight excluding hydrogens is 164 g/mol. The van der Waals surface area contributed by atoms with Gasteiger partial charge in [0.1, 0.15) is 0 Å². The Morgan fingerprint density at radius 1 is 1.38 bits per heavy atom. The van der Waals surface area contributed by atoms with Crippen molar-refractivity contribution in [2.24, 2.45) is 11.3 Å². The average Bonchev–Trinajstić information content (AvgIpc) is 1.82. The van der Waals surface area contributed by atoms with Crippen molar-refractivity contribution in [1.82, 2.24) is 0 Å². The molecule has 0 rings (SSSR count). The summed E-state index contributed by atoms with van der Waals surface area (Å²) < 4.78 is 0. The van der Waals surface area contributed by atoms with Gasteiger partial charge in [0, 0.05) is 6.42 Å². The van der Waals surface area contributed by atoms with E-state index in [1.54, 1.807) is 0 Å². The van der Waals surface area contributed by atoms with Gasteiger partial charge in [0.25, 0.3) is 0 Å².